The number of para-hydroxylation sites is 1. The van der Waals surface area contributed by atoms with E-state index in [4.69, 9.17) is 11.6 Å². The monoisotopic (exact) mass is 357 g/mol. The van der Waals surface area contributed by atoms with Gasteiger partial charge in [0.1, 0.15) is 0 Å². The Kier molecular flexibility index (Phi) is 5.34. The molecule has 0 spiro atoms. The third kappa shape index (κ3) is 3.99. The van der Waals surface area contributed by atoms with Gasteiger partial charge in [-0.25, -0.2) is 0 Å². The number of rotatable bonds is 5. The van der Waals surface area contributed by atoms with Crippen LogP contribution in [-0.4, -0.2) is 41.1 Å². The predicted molar refractivity (Wildman–Crippen MR) is 105 cm³/mol. The Hall–Kier alpha value is -2.40. The maximum atomic E-state index is 6.06. The van der Waals surface area contributed by atoms with E-state index < -0.39 is 0 Å². The molecule has 6 heteroatoms. The van der Waals surface area contributed by atoms with Crippen LogP contribution in [0.4, 0.5) is 0 Å². The molecular weight excluding hydrogens is 334 g/mol. The normalized spacial score (nSPS) is 11.9. The van der Waals surface area contributed by atoms with Gasteiger partial charge in [-0.3, -0.25) is 4.99 Å². The average Bonchev–Trinajstić information content (AvgIpc) is 3.14. The summed E-state index contributed by atoms with van der Waals surface area (Å²) in [6, 6.07) is 10.4. The Bertz CT molecular complexity index is 877. The summed E-state index contributed by atoms with van der Waals surface area (Å²) in [4.78, 5) is 9.80. The van der Waals surface area contributed by atoms with Crippen LogP contribution in [0.3, 0.4) is 0 Å². The topological polar surface area (TPSA) is 48.4 Å². The first-order valence-corrected chi connectivity index (χ1v) is 8.74. The molecule has 0 bridgehead atoms. The molecule has 0 amide bonds. The molecular formula is C19H24ClN5. The molecule has 132 valence electrons. The van der Waals surface area contributed by atoms with Crippen molar-refractivity contribution in [1.82, 2.24) is 19.8 Å². The number of aromatic amines is 1. The summed E-state index contributed by atoms with van der Waals surface area (Å²) in [7, 11) is 5.84. The zero-order valence-corrected chi connectivity index (χ0v) is 15.6. The van der Waals surface area contributed by atoms with Gasteiger partial charge in [-0.2, -0.15) is 0 Å². The van der Waals surface area contributed by atoms with Crippen molar-refractivity contribution < 1.29 is 0 Å². The van der Waals surface area contributed by atoms with Crippen molar-refractivity contribution in [3.05, 3.63) is 59.0 Å². The lowest BCUT2D eigenvalue weighted by Gasteiger charge is -2.22. The Morgan fingerprint density at radius 2 is 2.16 bits per heavy atom. The number of benzene rings is 1. The molecule has 0 fully saturated rings. The standard InChI is InChI=1S/C19H24ClN5/c1-21-19(25(3)13-16-10-15(20)12-24(16)2)22-9-8-14-11-23-18-7-5-4-6-17(14)18/h4-7,10-12,23H,8-9,13H2,1-3H3,(H,21,22). The molecule has 0 saturated carbocycles. The number of fused-ring (bicyclic) bond motifs is 1. The van der Waals surface area contributed by atoms with Crippen LogP contribution in [0.2, 0.25) is 5.02 Å². The van der Waals surface area contributed by atoms with Crippen LogP contribution in [0, 0.1) is 0 Å². The van der Waals surface area contributed by atoms with Crippen molar-refractivity contribution in [2.45, 2.75) is 13.0 Å². The highest BCUT2D eigenvalue weighted by Gasteiger charge is 2.10. The average molecular weight is 358 g/mol. The van der Waals surface area contributed by atoms with Crippen molar-refractivity contribution in [3.8, 4) is 0 Å². The lowest BCUT2D eigenvalue weighted by molar-refractivity contribution is 0.462. The first-order chi connectivity index (χ1) is 12.1. The Balaban J connectivity index is 1.58. The molecule has 1 aromatic carbocycles. The number of hydrogen-bond acceptors (Lipinski definition) is 1. The van der Waals surface area contributed by atoms with Crippen LogP contribution >= 0.6 is 11.6 Å². The highest BCUT2D eigenvalue weighted by Crippen LogP contribution is 2.18. The fraction of sp³-hybridized carbons (Fsp3) is 0.316. The van der Waals surface area contributed by atoms with Gasteiger partial charge in [0.2, 0.25) is 0 Å². The second-order valence-electron chi connectivity index (χ2n) is 6.20. The quantitative estimate of drug-likeness (QED) is 0.543. The maximum absolute atomic E-state index is 6.06. The highest BCUT2D eigenvalue weighted by atomic mass is 35.5. The fourth-order valence-corrected chi connectivity index (χ4v) is 3.35. The van der Waals surface area contributed by atoms with Crippen molar-refractivity contribution in [2.75, 3.05) is 20.6 Å². The number of guanidine groups is 1. The smallest absolute Gasteiger partial charge is 0.193 e. The van der Waals surface area contributed by atoms with Gasteiger partial charge in [-0.15, -0.1) is 0 Å². The summed E-state index contributed by atoms with van der Waals surface area (Å²) in [6.45, 7) is 1.57. The number of aromatic nitrogens is 2. The molecule has 25 heavy (non-hydrogen) atoms. The van der Waals surface area contributed by atoms with E-state index in [0.29, 0.717) is 0 Å². The molecule has 3 rings (SSSR count). The zero-order valence-electron chi connectivity index (χ0n) is 14.9. The number of aryl methyl sites for hydroxylation is 1. The van der Waals surface area contributed by atoms with Crippen molar-refractivity contribution >= 4 is 28.5 Å². The Morgan fingerprint density at radius 1 is 1.36 bits per heavy atom. The summed E-state index contributed by atoms with van der Waals surface area (Å²) in [5, 5.41) is 5.48. The van der Waals surface area contributed by atoms with E-state index in [1.807, 2.05) is 44.0 Å². The van der Waals surface area contributed by atoms with Gasteiger partial charge in [0.15, 0.2) is 5.96 Å². The molecule has 0 unspecified atom stereocenters. The molecule has 0 aliphatic rings. The van der Waals surface area contributed by atoms with E-state index in [0.717, 1.165) is 36.2 Å². The van der Waals surface area contributed by atoms with Gasteiger partial charge in [-0.05, 0) is 24.1 Å². The minimum atomic E-state index is 0.746. The van der Waals surface area contributed by atoms with Crippen LogP contribution in [0.1, 0.15) is 11.3 Å². The fourth-order valence-electron chi connectivity index (χ4n) is 3.07. The third-order valence-corrected chi connectivity index (χ3v) is 4.61. The Labute approximate surface area is 153 Å². The summed E-state index contributed by atoms with van der Waals surface area (Å²) in [5.74, 6) is 0.872. The maximum Gasteiger partial charge on any atom is 0.193 e. The molecule has 5 nitrogen and oxygen atoms in total. The lowest BCUT2D eigenvalue weighted by atomic mass is 10.1. The number of nitrogens with zero attached hydrogens (tertiary/aromatic N) is 3. The van der Waals surface area contributed by atoms with Gasteiger partial charge < -0.3 is 19.8 Å². The largest absolute Gasteiger partial charge is 0.361 e. The van der Waals surface area contributed by atoms with Crippen LogP contribution in [0.25, 0.3) is 10.9 Å². The third-order valence-electron chi connectivity index (χ3n) is 4.40. The summed E-state index contributed by atoms with van der Waals surface area (Å²) >= 11 is 6.06. The number of aliphatic imine (C=N–C) groups is 1. The molecule has 2 aromatic heterocycles. The molecule has 0 radical (unpaired) electrons. The number of nitrogens with one attached hydrogen (secondary N) is 2. The van der Waals surface area contributed by atoms with Gasteiger partial charge in [0.25, 0.3) is 0 Å². The van der Waals surface area contributed by atoms with E-state index in [9.17, 15) is 0 Å². The van der Waals surface area contributed by atoms with Gasteiger partial charge >= 0.3 is 0 Å². The molecule has 0 saturated heterocycles. The first-order valence-electron chi connectivity index (χ1n) is 8.36. The first kappa shape index (κ1) is 17.4. The van der Waals surface area contributed by atoms with Crippen LogP contribution in [-0.2, 0) is 20.0 Å². The predicted octanol–water partition coefficient (Wildman–Crippen LogP) is 3.41. The van der Waals surface area contributed by atoms with Crippen LogP contribution in [0.5, 0.6) is 0 Å². The van der Waals surface area contributed by atoms with Gasteiger partial charge in [0.05, 0.1) is 11.6 Å². The molecule has 2 heterocycles. The van der Waals surface area contributed by atoms with Crippen molar-refractivity contribution in [3.63, 3.8) is 0 Å². The number of H-pyrrole nitrogens is 1. The van der Waals surface area contributed by atoms with E-state index >= 15 is 0 Å². The van der Waals surface area contributed by atoms with Crippen LogP contribution < -0.4 is 5.32 Å². The lowest BCUT2D eigenvalue weighted by Crippen LogP contribution is -2.39. The summed E-state index contributed by atoms with van der Waals surface area (Å²) in [5.41, 5.74) is 3.64. The minimum absolute atomic E-state index is 0.746. The molecule has 0 atom stereocenters. The van der Waals surface area contributed by atoms with Gasteiger partial charge in [0, 0.05) is 56.7 Å². The van der Waals surface area contributed by atoms with E-state index in [1.54, 1.807) is 0 Å². The number of halogens is 1. The molecule has 3 aromatic rings. The SMILES string of the molecule is CN=C(NCCc1c[nH]c2ccccc12)N(C)Cc1cc(Cl)cn1C. The van der Waals surface area contributed by atoms with E-state index in [2.05, 4.69) is 44.6 Å². The second-order valence-corrected chi connectivity index (χ2v) is 6.64. The summed E-state index contributed by atoms with van der Waals surface area (Å²) < 4.78 is 2.04. The van der Waals surface area contributed by atoms with E-state index in [-0.39, 0.29) is 0 Å². The molecule has 0 aliphatic carbocycles. The van der Waals surface area contributed by atoms with Crippen molar-refractivity contribution in [2.24, 2.45) is 12.0 Å². The van der Waals surface area contributed by atoms with Crippen LogP contribution in [0.15, 0.2) is 47.7 Å². The highest BCUT2D eigenvalue weighted by molar-refractivity contribution is 6.30. The minimum Gasteiger partial charge on any atom is -0.361 e. The van der Waals surface area contributed by atoms with E-state index in [1.165, 1.54) is 16.5 Å². The van der Waals surface area contributed by atoms with Gasteiger partial charge in [-0.1, -0.05) is 29.8 Å². The Morgan fingerprint density at radius 3 is 2.88 bits per heavy atom. The zero-order chi connectivity index (χ0) is 17.8. The second kappa shape index (κ2) is 7.66. The molecule has 0 aliphatic heterocycles. The number of hydrogen-bond donors (Lipinski definition) is 2. The molecule has 2 N–H and O–H groups in total. The van der Waals surface area contributed by atoms with Crippen molar-refractivity contribution in [1.29, 1.82) is 0 Å². The summed E-state index contributed by atoms with van der Waals surface area (Å²) in [6.07, 6.45) is 4.94.